The fourth-order valence-corrected chi connectivity index (χ4v) is 3.94. The van der Waals surface area contributed by atoms with Gasteiger partial charge in [-0.25, -0.2) is 0 Å². The first-order valence-electron chi connectivity index (χ1n) is 10.2. The van der Waals surface area contributed by atoms with Crippen molar-refractivity contribution in [1.82, 2.24) is 9.80 Å². The summed E-state index contributed by atoms with van der Waals surface area (Å²) in [6.45, 7) is 6.61. The molecule has 1 aliphatic heterocycles. The maximum absolute atomic E-state index is 6.00. The average Bonchev–Trinajstić information content (AvgIpc) is 3.09. The molecule has 30 heavy (non-hydrogen) atoms. The molecule has 1 fully saturated rings. The van der Waals surface area contributed by atoms with Crippen LogP contribution in [-0.4, -0.2) is 30.4 Å². The quantitative estimate of drug-likeness (QED) is 0.480. The molecule has 1 aliphatic rings. The van der Waals surface area contributed by atoms with Crippen molar-refractivity contribution >= 4 is 11.6 Å². The largest absolute Gasteiger partial charge is 0.470 e. The molecule has 4 rings (SSSR count). The molecule has 4 heteroatoms. The Kier molecular flexibility index (Phi) is 6.12. The Bertz CT molecular complexity index is 1010. The molecule has 1 saturated heterocycles. The van der Waals surface area contributed by atoms with Gasteiger partial charge >= 0.3 is 0 Å². The topological polar surface area (TPSA) is 15.7 Å². The number of hydrogen-bond donors (Lipinski definition) is 0. The summed E-state index contributed by atoms with van der Waals surface area (Å²) in [4.78, 5) is 4.37. The third-order valence-corrected chi connectivity index (χ3v) is 5.60. The van der Waals surface area contributed by atoms with Crippen LogP contribution in [0.1, 0.15) is 22.8 Å². The number of nitrogens with zero attached hydrogens (tertiary/aromatic N) is 2. The molecule has 3 aromatic carbocycles. The van der Waals surface area contributed by atoms with Crippen LogP contribution < -0.4 is 0 Å². The third kappa shape index (κ3) is 4.86. The summed E-state index contributed by atoms with van der Waals surface area (Å²) in [5, 5.41) is 0.736. The second-order valence-electron chi connectivity index (χ2n) is 8.07. The predicted octanol–water partition coefficient (Wildman–Crippen LogP) is 6.11. The maximum atomic E-state index is 6.00. The summed E-state index contributed by atoms with van der Waals surface area (Å²) in [7, 11) is 4.18. The molecule has 0 spiro atoms. The molecule has 1 unspecified atom stereocenters. The highest BCUT2D eigenvalue weighted by Crippen LogP contribution is 2.32. The third-order valence-electron chi connectivity index (χ3n) is 5.35. The van der Waals surface area contributed by atoms with Crippen molar-refractivity contribution in [2.45, 2.75) is 19.2 Å². The Morgan fingerprint density at radius 2 is 1.70 bits per heavy atom. The molecule has 0 saturated carbocycles. The summed E-state index contributed by atoms with van der Waals surface area (Å²) in [6.07, 6.45) is -0.00604. The first-order valence-corrected chi connectivity index (χ1v) is 10.5. The second-order valence-corrected chi connectivity index (χ2v) is 8.50. The first-order chi connectivity index (χ1) is 14.5. The van der Waals surface area contributed by atoms with Crippen LogP contribution >= 0.6 is 11.6 Å². The standard InChI is InChI=1S/C26H27ClN2O/c1-19-29(18-26(30-19)23-11-13-25(27)14-12-23)17-20-7-9-22(10-8-20)24-6-4-5-21(15-24)16-28(2)3/h4-15,26H,1,16-18H2,2-3H3. The highest BCUT2D eigenvalue weighted by atomic mass is 35.5. The number of rotatable bonds is 6. The van der Waals surface area contributed by atoms with Crippen molar-refractivity contribution in [2.75, 3.05) is 20.6 Å². The van der Waals surface area contributed by atoms with Crippen LogP contribution in [0.15, 0.2) is 85.3 Å². The fraction of sp³-hybridized carbons (Fsp3) is 0.231. The Balaban J connectivity index is 1.42. The van der Waals surface area contributed by atoms with E-state index in [0.29, 0.717) is 0 Å². The van der Waals surface area contributed by atoms with E-state index < -0.39 is 0 Å². The number of ether oxygens (including phenoxy) is 1. The van der Waals surface area contributed by atoms with E-state index in [1.807, 2.05) is 24.3 Å². The molecule has 0 aromatic heterocycles. The highest BCUT2D eigenvalue weighted by Gasteiger charge is 2.27. The molecule has 154 valence electrons. The summed E-state index contributed by atoms with van der Waals surface area (Å²) < 4.78 is 5.99. The van der Waals surface area contributed by atoms with E-state index in [9.17, 15) is 0 Å². The van der Waals surface area contributed by atoms with Crippen LogP contribution in [0.25, 0.3) is 11.1 Å². The van der Waals surface area contributed by atoms with Gasteiger partial charge in [-0.2, -0.15) is 0 Å². The Hall–Kier alpha value is -2.75. The van der Waals surface area contributed by atoms with Crippen LogP contribution in [0, 0.1) is 0 Å². The van der Waals surface area contributed by atoms with Crippen molar-refractivity contribution in [3.8, 4) is 11.1 Å². The monoisotopic (exact) mass is 418 g/mol. The lowest BCUT2D eigenvalue weighted by Gasteiger charge is -2.16. The molecule has 0 aliphatic carbocycles. The average molecular weight is 419 g/mol. The lowest BCUT2D eigenvalue weighted by molar-refractivity contribution is 0.163. The van der Waals surface area contributed by atoms with Gasteiger partial charge in [0.25, 0.3) is 0 Å². The van der Waals surface area contributed by atoms with Crippen LogP contribution in [0.3, 0.4) is 0 Å². The van der Waals surface area contributed by atoms with Crippen molar-refractivity contribution < 1.29 is 4.74 Å². The number of halogens is 1. The highest BCUT2D eigenvalue weighted by molar-refractivity contribution is 6.30. The van der Waals surface area contributed by atoms with Crippen molar-refractivity contribution in [2.24, 2.45) is 0 Å². The molecule has 3 nitrogen and oxygen atoms in total. The van der Waals surface area contributed by atoms with E-state index in [4.69, 9.17) is 16.3 Å². The van der Waals surface area contributed by atoms with Gasteiger partial charge in [0.05, 0.1) is 6.54 Å². The Morgan fingerprint density at radius 1 is 0.967 bits per heavy atom. The Labute approximate surface area is 184 Å². The van der Waals surface area contributed by atoms with Gasteiger partial charge in [-0.3, -0.25) is 0 Å². The minimum atomic E-state index is -0.00604. The first kappa shape index (κ1) is 20.5. The van der Waals surface area contributed by atoms with Crippen LogP contribution in [-0.2, 0) is 17.8 Å². The molecule has 0 radical (unpaired) electrons. The van der Waals surface area contributed by atoms with Crippen molar-refractivity contribution in [1.29, 1.82) is 0 Å². The SMILES string of the molecule is C=C1OC(c2ccc(Cl)cc2)CN1Cc1ccc(-c2cccc(CN(C)C)c2)cc1. The van der Waals surface area contributed by atoms with E-state index in [0.717, 1.165) is 36.1 Å². The maximum Gasteiger partial charge on any atom is 0.183 e. The minimum absolute atomic E-state index is 0.00604. The van der Waals surface area contributed by atoms with Gasteiger partial charge < -0.3 is 14.5 Å². The van der Waals surface area contributed by atoms with Crippen LogP contribution in [0.4, 0.5) is 0 Å². The molecule has 1 heterocycles. The normalized spacial score (nSPS) is 16.2. The van der Waals surface area contributed by atoms with Gasteiger partial charge in [0, 0.05) is 18.1 Å². The molecule has 0 N–H and O–H groups in total. The molecule has 3 aromatic rings. The zero-order chi connectivity index (χ0) is 21.1. The van der Waals surface area contributed by atoms with Crippen LogP contribution in [0.2, 0.25) is 5.02 Å². The molecule has 0 bridgehead atoms. The lowest BCUT2D eigenvalue weighted by Crippen LogP contribution is -2.18. The van der Waals surface area contributed by atoms with E-state index in [1.54, 1.807) is 0 Å². The zero-order valence-corrected chi connectivity index (χ0v) is 18.3. The van der Waals surface area contributed by atoms with Gasteiger partial charge in [-0.1, -0.05) is 66.2 Å². The predicted molar refractivity (Wildman–Crippen MR) is 124 cm³/mol. The summed E-state index contributed by atoms with van der Waals surface area (Å²) in [5.74, 6) is 0.718. The van der Waals surface area contributed by atoms with Gasteiger partial charge in [-0.15, -0.1) is 0 Å². The molecule has 1 atom stereocenters. The van der Waals surface area contributed by atoms with Crippen LogP contribution in [0.5, 0.6) is 0 Å². The zero-order valence-electron chi connectivity index (χ0n) is 17.5. The number of benzene rings is 3. The summed E-state index contributed by atoms with van der Waals surface area (Å²) in [6, 6.07) is 25.3. The smallest absolute Gasteiger partial charge is 0.183 e. The Morgan fingerprint density at radius 3 is 2.40 bits per heavy atom. The fourth-order valence-electron chi connectivity index (χ4n) is 3.82. The van der Waals surface area contributed by atoms with E-state index >= 15 is 0 Å². The van der Waals surface area contributed by atoms with Gasteiger partial charge in [-0.05, 0) is 66.7 Å². The molecular formula is C26H27ClN2O. The molecular weight excluding hydrogens is 392 g/mol. The van der Waals surface area contributed by atoms with E-state index in [2.05, 4.69) is 79.0 Å². The van der Waals surface area contributed by atoms with Gasteiger partial charge in [0.2, 0.25) is 0 Å². The van der Waals surface area contributed by atoms with Crippen molar-refractivity contribution in [3.05, 3.63) is 107 Å². The minimum Gasteiger partial charge on any atom is -0.470 e. The summed E-state index contributed by atoms with van der Waals surface area (Å²) in [5.41, 5.74) is 6.16. The summed E-state index contributed by atoms with van der Waals surface area (Å²) >= 11 is 6.00. The van der Waals surface area contributed by atoms with Gasteiger partial charge in [0.1, 0.15) is 6.10 Å². The number of hydrogen-bond acceptors (Lipinski definition) is 3. The van der Waals surface area contributed by atoms with Crippen molar-refractivity contribution in [3.63, 3.8) is 0 Å². The van der Waals surface area contributed by atoms with Gasteiger partial charge in [0.15, 0.2) is 5.88 Å². The van der Waals surface area contributed by atoms with E-state index in [1.165, 1.54) is 22.3 Å². The van der Waals surface area contributed by atoms with E-state index in [-0.39, 0.29) is 6.10 Å². The second kappa shape index (κ2) is 8.95. The lowest BCUT2D eigenvalue weighted by atomic mass is 10.0. The molecule has 0 amide bonds.